The minimum Gasteiger partial charge on any atom is -0.507 e. The van der Waals surface area contributed by atoms with E-state index >= 15 is 0 Å². The number of hydrogen-bond donors (Lipinski definition) is 1. The molecule has 1 N–H and O–H groups in total. The van der Waals surface area contributed by atoms with Crippen LogP contribution in [0.4, 0.5) is 0 Å². The molecule has 192 valence electrons. The van der Waals surface area contributed by atoms with Crippen LogP contribution in [0, 0.1) is 6.92 Å². The molecule has 2 aliphatic rings. The molecule has 2 aromatic rings. The lowest BCUT2D eigenvalue weighted by Gasteiger charge is -2.31. The monoisotopic (exact) mass is 496 g/mol. The number of aliphatic hydroxyl groups is 1. The first-order valence-electron chi connectivity index (χ1n) is 11.9. The summed E-state index contributed by atoms with van der Waals surface area (Å²) in [5.74, 6) is -0.122. The second-order valence-electron chi connectivity index (χ2n) is 8.71. The number of rotatable bonds is 8. The summed E-state index contributed by atoms with van der Waals surface area (Å²) in [4.78, 5) is 30.4. The summed E-state index contributed by atoms with van der Waals surface area (Å²) in [6.07, 6.45) is 0. The summed E-state index contributed by atoms with van der Waals surface area (Å²) in [6.45, 7) is 5.48. The first-order chi connectivity index (χ1) is 17.4. The molecule has 1 atom stereocenters. The van der Waals surface area contributed by atoms with Crippen molar-refractivity contribution in [1.82, 2.24) is 9.80 Å². The Hall–Kier alpha value is -3.56. The summed E-state index contributed by atoms with van der Waals surface area (Å²) in [7, 11) is 4.60. The number of carbonyl (C=O) groups is 2. The van der Waals surface area contributed by atoms with E-state index in [0.29, 0.717) is 54.7 Å². The lowest BCUT2D eigenvalue weighted by Crippen LogP contribution is -2.42. The SMILES string of the molecule is COc1ccc(/C(O)=C2\C(=O)C(=O)N(CCN3CCOCC3)[C@H]2c2cccc(OC)c2OC)cc1C. The van der Waals surface area contributed by atoms with Gasteiger partial charge >= 0.3 is 0 Å². The molecule has 0 unspecified atom stereocenters. The minimum atomic E-state index is -0.849. The highest BCUT2D eigenvalue weighted by Crippen LogP contribution is 2.45. The van der Waals surface area contributed by atoms with Crippen LogP contribution >= 0.6 is 0 Å². The Labute approximate surface area is 210 Å². The fourth-order valence-electron chi connectivity index (χ4n) is 4.82. The number of hydrogen-bond acceptors (Lipinski definition) is 8. The molecule has 2 heterocycles. The zero-order chi connectivity index (χ0) is 25.8. The highest BCUT2D eigenvalue weighted by Gasteiger charge is 2.47. The standard InChI is InChI=1S/C27H32N2O7/c1-17-16-18(8-9-20(17)33-2)24(30)22-23(19-6-5-7-21(34-3)26(19)35-4)29(27(32)25(22)31)11-10-28-12-14-36-15-13-28/h5-9,16,23,30H,10-15H2,1-4H3/b24-22+/t23-/m0/s1. The first-order valence-corrected chi connectivity index (χ1v) is 11.9. The molecule has 0 saturated carbocycles. The molecule has 0 aromatic heterocycles. The molecule has 2 fully saturated rings. The van der Waals surface area contributed by atoms with Crippen molar-refractivity contribution in [2.45, 2.75) is 13.0 Å². The van der Waals surface area contributed by atoms with Gasteiger partial charge in [-0.1, -0.05) is 12.1 Å². The van der Waals surface area contributed by atoms with Gasteiger partial charge in [-0.3, -0.25) is 14.5 Å². The van der Waals surface area contributed by atoms with Crippen molar-refractivity contribution in [2.75, 3.05) is 60.7 Å². The number of nitrogens with zero attached hydrogens (tertiary/aromatic N) is 2. The van der Waals surface area contributed by atoms with Crippen LogP contribution < -0.4 is 14.2 Å². The molecule has 0 aliphatic carbocycles. The van der Waals surface area contributed by atoms with Crippen molar-refractivity contribution < 1.29 is 33.6 Å². The second kappa shape index (κ2) is 11.0. The number of carbonyl (C=O) groups excluding carboxylic acids is 2. The summed E-state index contributed by atoms with van der Waals surface area (Å²) in [5, 5.41) is 11.4. The molecule has 2 aliphatic heterocycles. The molecule has 2 saturated heterocycles. The van der Waals surface area contributed by atoms with Crippen LogP contribution in [0.3, 0.4) is 0 Å². The lowest BCUT2D eigenvalue weighted by molar-refractivity contribution is -0.140. The van der Waals surface area contributed by atoms with E-state index < -0.39 is 17.7 Å². The topological polar surface area (TPSA) is 97.8 Å². The Bertz CT molecular complexity index is 1170. The Balaban J connectivity index is 1.83. The van der Waals surface area contributed by atoms with E-state index in [2.05, 4.69) is 4.90 Å². The number of methoxy groups -OCH3 is 3. The Morgan fingerprint density at radius 3 is 2.36 bits per heavy atom. The number of benzene rings is 2. The largest absolute Gasteiger partial charge is 0.507 e. The van der Waals surface area contributed by atoms with Crippen LogP contribution in [0.15, 0.2) is 42.0 Å². The van der Waals surface area contributed by atoms with Crippen LogP contribution in [0.2, 0.25) is 0 Å². The van der Waals surface area contributed by atoms with Crippen molar-refractivity contribution in [1.29, 1.82) is 0 Å². The van der Waals surface area contributed by atoms with Crippen molar-refractivity contribution in [2.24, 2.45) is 0 Å². The van der Waals surface area contributed by atoms with Gasteiger partial charge in [-0.15, -0.1) is 0 Å². The number of amides is 1. The number of morpholine rings is 1. The molecule has 36 heavy (non-hydrogen) atoms. The molecule has 2 aromatic carbocycles. The number of aryl methyl sites for hydroxylation is 1. The Morgan fingerprint density at radius 2 is 1.72 bits per heavy atom. The van der Waals surface area contributed by atoms with Gasteiger partial charge in [-0.05, 0) is 36.8 Å². The third-order valence-electron chi connectivity index (χ3n) is 6.70. The molecule has 0 radical (unpaired) electrons. The molecular formula is C27H32N2O7. The van der Waals surface area contributed by atoms with Gasteiger partial charge in [0.2, 0.25) is 0 Å². The summed E-state index contributed by atoms with van der Waals surface area (Å²) >= 11 is 0. The van der Waals surface area contributed by atoms with E-state index in [1.165, 1.54) is 19.1 Å². The fraction of sp³-hybridized carbons (Fsp3) is 0.407. The van der Waals surface area contributed by atoms with Gasteiger partial charge in [-0.2, -0.15) is 0 Å². The van der Waals surface area contributed by atoms with Crippen molar-refractivity contribution in [3.05, 3.63) is 58.7 Å². The van der Waals surface area contributed by atoms with Gasteiger partial charge in [0.25, 0.3) is 11.7 Å². The van der Waals surface area contributed by atoms with Gasteiger partial charge in [0.05, 0.1) is 46.2 Å². The number of ether oxygens (including phenoxy) is 4. The van der Waals surface area contributed by atoms with Crippen LogP contribution in [-0.2, 0) is 14.3 Å². The highest BCUT2D eigenvalue weighted by atomic mass is 16.5. The fourth-order valence-corrected chi connectivity index (χ4v) is 4.82. The number of para-hydroxylation sites is 1. The highest BCUT2D eigenvalue weighted by molar-refractivity contribution is 6.46. The summed E-state index contributed by atoms with van der Waals surface area (Å²) in [5.41, 5.74) is 1.79. The average Bonchev–Trinajstić information content (AvgIpc) is 3.16. The van der Waals surface area contributed by atoms with Crippen molar-refractivity contribution in [3.63, 3.8) is 0 Å². The van der Waals surface area contributed by atoms with E-state index in [1.54, 1.807) is 43.5 Å². The number of Topliss-reactive ketones (excluding diaryl/α,β-unsaturated/α-hetero) is 1. The van der Waals surface area contributed by atoms with Gasteiger partial charge in [0.15, 0.2) is 11.5 Å². The van der Waals surface area contributed by atoms with E-state index in [4.69, 9.17) is 18.9 Å². The van der Waals surface area contributed by atoms with Crippen molar-refractivity contribution in [3.8, 4) is 17.2 Å². The van der Waals surface area contributed by atoms with Crippen LogP contribution in [-0.4, -0.2) is 87.3 Å². The number of aliphatic hydroxyl groups excluding tert-OH is 1. The zero-order valence-corrected chi connectivity index (χ0v) is 21.1. The Morgan fingerprint density at radius 1 is 1.00 bits per heavy atom. The molecule has 0 spiro atoms. The second-order valence-corrected chi connectivity index (χ2v) is 8.71. The predicted molar refractivity (Wildman–Crippen MR) is 134 cm³/mol. The van der Waals surface area contributed by atoms with Crippen molar-refractivity contribution >= 4 is 17.4 Å². The van der Waals surface area contributed by atoms with Gasteiger partial charge < -0.3 is 29.0 Å². The molecule has 9 heteroatoms. The Kier molecular flexibility index (Phi) is 7.81. The van der Waals surface area contributed by atoms with Gasteiger partial charge in [-0.25, -0.2) is 0 Å². The van der Waals surface area contributed by atoms with E-state index in [9.17, 15) is 14.7 Å². The van der Waals surface area contributed by atoms with E-state index in [0.717, 1.165) is 18.7 Å². The maximum absolute atomic E-state index is 13.4. The van der Waals surface area contributed by atoms with E-state index in [-0.39, 0.29) is 11.3 Å². The molecule has 0 bridgehead atoms. The predicted octanol–water partition coefficient (Wildman–Crippen LogP) is 2.77. The molecule has 4 rings (SSSR count). The smallest absolute Gasteiger partial charge is 0.295 e. The normalized spacial score (nSPS) is 20.0. The number of ketones is 1. The zero-order valence-electron chi connectivity index (χ0n) is 21.1. The minimum absolute atomic E-state index is 0.0121. The summed E-state index contributed by atoms with van der Waals surface area (Å²) in [6, 6.07) is 9.58. The van der Waals surface area contributed by atoms with Gasteiger partial charge in [0.1, 0.15) is 11.5 Å². The van der Waals surface area contributed by atoms with Crippen LogP contribution in [0.1, 0.15) is 22.7 Å². The maximum atomic E-state index is 13.4. The first kappa shape index (κ1) is 25.5. The maximum Gasteiger partial charge on any atom is 0.295 e. The third-order valence-corrected chi connectivity index (χ3v) is 6.70. The lowest BCUT2D eigenvalue weighted by atomic mass is 9.94. The molecular weight excluding hydrogens is 464 g/mol. The average molecular weight is 497 g/mol. The van der Waals surface area contributed by atoms with Crippen LogP contribution in [0.5, 0.6) is 17.2 Å². The molecule has 9 nitrogen and oxygen atoms in total. The number of likely N-dealkylation sites (tertiary alicyclic amines) is 1. The van der Waals surface area contributed by atoms with E-state index in [1.807, 2.05) is 6.92 Å². The van der Waals surface area contributed by atoms with Gasteiger partial charge in [0, 0.05) is 37.3 Å². The third kappa shape index (κ3) is 4.76. The van der Waals surface area contributed by atoms with Crippen LogP contribution in [0.25, 0.3) is 5.76 Å². The quantitative estimate of drug-likeness (QED) is 0.339. The molecule has 1 amide bonds. The summed E-state index contributed by atoms with van der Waals surface area (Å²) < 4.78 is 21.9.